The number of ether oxygens (including phenoxy) is 1. The van der Waals surface area contributed by atoms with E-state index >= 15 is 0 Å². The highest BCUT2D eigenvalue weighted by Gasteiger charge is 2.26. The molecular weight excluding hydrogens is 178 g/mol. The molecule has 14 heavy (non-hydrogen) atoms. The molecule has 0 aromatic heterocycles. The van der Waals surface area contributed by atoms with Gasteiger partial charge in [-0.1, -0.05) is 6.92 Å². The molecule has 0 amide bonds. The van der Waals surface area contributed by atoms with E-state index < -0.39 is 0 Å². The van der Waals surface area contributed by atoms with Crippen LogP contribution in [0.15, 0.2) is 4.99 Å². The molecule has 1 aliphatic heterocycles. The zero-order valence-electron chi connectivity index (χ0n) is 9.12. The summed E-state index contributed by atoms with van der Waals surface area (Å²) in [5.74, 6) is 1.10. The number of hydrogen-bond acceptors (Lipinski definition) is 2. The third-order valence-electron chi connectivity index (χ3n) is 2.60. The summed E-state index contributed by atoms with van der Waals surface area (Å²) in [6.45, 7) is 6.65. The van der Waals surface area contributed by atoms with E-state index in [4.69, 9.17) is 10.5 Å². The van der Waals surface area contributed by atoms with Gasteiger partial charge in [-0.15, -0.1) is 0 Å². The van der Waals surface area contributed by atoms with Crippen LogP contribution in [0.5, 0.6) is 0 Å². The summed E-state index contributed by atoms with van der Waals surface area (Å²) >= 11 is 0. The van der Waals surface area contributed by atoms with Crippen molar-refractivity contribution in [2.75, 3.05) is 19.7 Å². The lowest BCUT2D eigenvalue weighted by molar-refractivity contribution is 0.0893. The van der Waals surface area contributed by atoms with Crippen LogP contribution in [0, 0.1) is 5.92 Å². The monoisotopic (exact) mass is 199 g/mol. The first-order chi connectivity index (χ1) is 6.77. The summed E-state index contributed by atoms with van der Waals surface area (Å²) in [4.78, 5) is 4.30. The van der Waals surface area contributed by atoms with Gasteiger partial charge in [0.15, 0.2) is 5.96 Å². The van der Waals surface area contributed by atoms with Crippen molar-refractivity contribution in [3.05, 3.63) is 0 Å². The van der Waals surface area contributed by atoms with Crippen LogP contribution in [-0.2, 0) is 4.74 Å². The highest BCUT2D eigenvalue weighted by Crippen LogP contribution is 2.23. The van der Waals surface area contributed by atoms with Gasteiger partial charge < -0.3 is 15.8 Å². The van der Waals surface area contributed by atoms with Gasteiger partial charge >= 0.3 is 0 Å². The van der Waals surface area contributed by atoms with Crippen LogP contribution in [0.3, 0.4) is 0 Å². The first-order valence-electron chi connectivity index (χ1n) is 5.43. The van der Waals surface area contributed by atoms with Crippen molar-refractivity contribution in [1.82, 2.24) is 5.32 Å². The number of rotatable bonds is 4. The lowest BCUT2D eigenvalue weighted by atomic mass is 10.0. The Hall–Kier alpha value is -0.770. The van der Waals surface area contributed by atoms with Crippen LogP contribution in [0.2, 0.25) is 0 Å². The standard InChI is InChI=1S/C10H21N3O/c1-3-9-8(5-6-14-9)7-13-10(11)12-4-2/h8-9H,3-7H2,1-2H3,(H3,11,12,13). The molecule has 82 valence electrons. The Kier molecular flexibility index (Phi) is 4.73. The van der Waals surface area contributed by atoms with E-state index in [1.807, 2.05) is 6.92 Å². The topological polar surface area (TPSA) is 59.6 Å². The Labute approximate surface area is 85.9 Å². The molecule has 3 N–H and O–H groups in total. The third kappa shape index (κ3) is 3.18. The maximum atomic E-state index is 5.65. The minimum absolute atomic E-state index is 0.383. The number of guanidine groups is 1. The van der Waals surface area contributed by atoms with Crippen molar-refractivity contribution in [2.45, 2.75) is 32.8 Å². The second-order valence-corrected chi connectivity index (χ2v) is 3.62. The van der Waals surface area contributed by atoms with Crippen molar-refractivity contribution in [3.63, 3.8) is 0 Å². The Morgan fingerprint density at radius 2 is 2.36 bits per heavy atom. The van der Waals surface area contributed by atoms with Crippen LogP contribution in [0.4, 0.5) is 0 Å². The average molecular weight is 199 g/mol. The quantitative estimate of drug-likeness (QED) is 0.518. The Morgan fingerprint density at radius 3 is 3.00 bits per heavy atom. The summed E-state index contributed by atoms with van der Waals surface area (Å²) in [6.07, 6.45) is 2.57. The fraction of sp³-hybridized carbons (Fsp3) is 0.900. The number of hydrogen-bond donors (Lipinski definition) is 2. The molecule has 0 aliphatic carbocycles. The molecule has 0 radical (unpaired) electrons. The Balaban J connectivity index is 2.32. The molecule has 1 heterocycles. The second-order valence-electron chi connectivity index (χ2n) is 3.62. The highest BCUT2D eigenvalue weighted by atomic mass is 16.5. The van der Waals surface area contributed by atoms with Crippen LogP contribution >= 0.6 is 0 Å². The van der Waals surface area contributed by atoms with Crippen LogP contribution in [-0.4, -0.2) is 31.8 Å². The van der Waals surface area contributed by atoms with Gasteiger partial charge in [0.25, 0.3) is 0 Å². The van der Waals surface area contributed by atoms with Gasteiger partial charge in [-0.2, -0.15) is 0 Å². The minimum atomic E-state index is 0.383. The molecule has 2 unspecified atom stereocenters. The Bertz CT molecular complexity index is 194. The van der Waals surface area contributed by atoms with E-state index in [9.17, 15) is 0 Å². The van der Waals surface area contributed by atoms with Crippen LogP contribution in [0.1, 0.15) is 26.7 Å². The van der Waals surface area contributed by atoms with Gasteiger partial charge in [-0.05, 0) is 19.8 Å². The van der Waals surface area contributed by atoms with Crippen molar-refractivity contribution in [2.24, 2.45) is 16.6 Å². The molecule has 4 nitrogen and oxygen atoms in total. The molecule has 1 rings (SSSR count). The maximum absolute atomic E-state index is 5.65. The predicted octanol–water partition coefficient (Wildman–Crippen LogP) is 0.726. The van der Waals surface area contributed by atoms with E-state index in [1.54, 1.807) is 0 Å². The van der Waals surface area contributed by atoms with Crippen LogP contribution in [0.25, 0.3) is 0 Å². The Morgan fingerprint density at radius 1 is 1.57 bits per heavy atom. The lowest BCUT2D eigenvalue weighted by Gasteiger charge is -2.14. The molecule has 1 saturated heterocycles. The van der Waals surface area contributed by atoms with Gasteiger partial charge in [0.2, 0.25) is 0 Å². The number of aliphatic imine (C=N–C) groups is 1. The summed E-state index contributed by atoms with van der Waals surface area (Å²) < 4.78 is 5.58. The van der Waals surface area contributed by atoms with E-state index in [0.717, 1.165) is 32.5 Å². The van der Waals surface area contributed by atoms with E-state index in [-0.39, 0.29) is 0 Å². The van der Waals surface area contributed by atoms with Crippen molar-refractivity contribution < 1.29 is 4.74 Å². The van der Waals surface area contributed by atoms with E-state index in [1.165, 1.54) is 0 Å². The molecule has 0 saturated carbocycles. The second kappa shape index (κ2) is 5.86. The summed E-state index contributed by atoms with van der Waals surface area (Å²) in [7, 11) is 0. The third-order valence-corrected chi connectivity index (χ3v) is 2.60. The smallest absolute Gasteiger partial charge is 0.188 e. The molecule has 0 aromatic rings. The van der Waals surface area contributed by atoms with Crippen molar-refractivity contribution in [3.8, 4) is 0 Å². The minimum Gasteiger partial charge on any atom is -0.378 e. The molecule has 0 aromatic carbocycles. The summed E-state index contributed by atoms with van der Waals surface area (Å²) in [6, 6.07) is 0. The molecule has 0 bridgehead atoms. The largest absolute Gasteiger partial charge is 0.378 e. The predicted molar refractivity (Wildman–Crippen MR) is 58.3 cm³/mol. The first kappa shape index (κ1) is 11.3. The average Bonchev–Trinajstić information content (AvgIpc) is 2.62. The SMILES string of the molecule is CCNC(N)=NCC1CCOC1CC. The number of nitrogens with one attached hydrogen (secondary N) is 1. The van der Waals surface area contributed by atoms with E-state index in [0.29, 0.717) is 18.0 Å². The van der Waals surface area contributed by atoms with Gasteiger partial charge in [0.05, 0.1) is 6.10 Å². The molecule has 2 atom stereocenters. The van der Waals surface area contributed by atoms with Crippen molar-refractivity contribution >= 4 is 5.96 Å². The van der Waals surface area contributed by atoms with Crippen LogP contribution < -0.4 is 11.1 Å². The zero-order valence-corrected chi connectivity index (χ0v) is 9.12. The fourth-order valence-electron chi connectivity index (χ4n) is 1.81. The van der Waals surface area contributed by atoms with Crippen molar-refractivity contribution in [1.29, 1.82) is 0 Å². The number of nitrogens with two attached hydrogens (primary N) is 1. The highest BCUT2D eigenvalue weighted by molar-refractivity contribution is 5.77. The van der Waals surface area contributed by atoms with Gasteiger partial charge in [-0.25, -0.2) is 0 Å². The fourth-order valence-corrected chi connectivity index (χ4v) is 1.81. The summed E-state index contributed by atoms with van der Waals surface area (Å²) in [5, 5.41) is 2.99. The normalized spacial score (nSPS) is 28.0. The molecular formula is C10H21N3O. The molecule has 1 fully saturated rings. The summed E-state index contributed by atoms with van der Waals surface area (Å²) in [5.41, 5.74) is 5.65. The van der Waals surface area contributed by atoms with Gasteiger partial charge in [0.1, 0.15) is 0 Å². The molecule has 4 heteroatoms. The van der Waals surface area contributed by atoms with Gasteiger partial charge in [0, 0.05) is 25.6 Å². The van der Waals surface area contributed by atoms with E-state index in [2.05, 4.69) is 17.2 Å². The molecule has 0 spiro atoms. The maximum Gasteiger partial charge on any atom is 0.188 e. The van der Waals surface area contributed by atoms with Gasteiger partial charge in [-0.3, -0.25) is 4.99 Å². The number of nitrogens with zero attached hydrogens (tertiary/aromatic N) is 1. The zero-order chi connectivity index (χ0) is 10.4. The first-order valence-corrected chi connectivity index (χ1v) is 5.43. The lowest BCUT2D eigenvalue weighted by Crippen LogP contribution is -2.32. The molecule has 1 aliphatic rings.